The molecular weight excluding hydrogens is 180 g/mol. The van der Waals surface area contributed by atoms with E-state index in [0.29, 0.717) is 0 Å². The first-order chi connectivity index (χ1) is 7.31. The van der Waals surface area contributed by atoms with Gasteiger partial charge in [0.2, 0.25) is 0 Å². The van der Waals surface area contributed by atoms with Crippen LogP contribution in [0.3, 0.4) is 0 Å². The Hall–Kier alpha value is -0.260. The molecule has 1 aliphatic carbocycles. The fourth-order valence-corrected chi connectivity index (χ4v) is 2.50. The summed E-state index contributed by atoms with van der Waals surface area (Å²) in [5, 5.41) is 0. The van der Waals surface area contributed by atoms with Gasteiger partial charge in [-0.15, -0.1) is 0 Å². The van der Waals surface area contributed by atoms with Crippen molar-refractivity contribution in [3.05, 3.63) is 12.2 Å². The fraction of sp³-hybridized carbons (Fsp3) is 0.867. The third-order valence-electron chi connectivity index (χ3n) is 4.09. The Morgan fingerprint density at radius 2 is 1.80 bits per heavy atom. The van der Waals surface area contributed by atoms with Crippen LogP contribution in [0.2, 0.25) is 0 Å². The third kappa shape index (κ3) is 4.86. The molecule has 1 aliphatic rings. The van der Waals surface area contributed by atoms with Crippen LogP contribution < -0.4 is 0 Å². The fourth-order valence-electron chi connectivity index (χ4n) is 2.50. The first-order valence-corrected chi connectivity index (χ1v) is 6.96. The number of hydrogen-bond acceptors (Lipinski definition) is 0. The average molecular weight is 208 g/mol. The normalized spacial score (nSPS) is 25.3. The van der Waals surface area contributed by atoms with Crippen molar-refractivity contribution in [2.45, 2.75) is 65.7 Å². The van der Waals surface area contributed by atoms with Crippen LogP contribution >= 0.6 is 0 Å². The van der Waals surface area contributed by atoms with Crippen molar-refractivity contribution in [2.24, 2.45) is 17.8 Å². The van der Waals surface area contributed by atoms with E-state index in [4.69, 9.17) is 0 Å². The van der Waals surface area contributed by atoms with Crippen LogP contribution in [0.4, 0.5) is 0 Å². The lowest BCUT2D eigenvalue weighted by Gasteiger charge is -2.07. The van der Waals surface area contributed by atoms with Crippen LogP contribution in [0.25, 0.3) is 0 Å². The molecule has 0 N–H and O–H groups in total. The maximum atomic E-state index is 2.42. The minimum Gasteiger partial charge on any atom is -0.0885 e. The van der Waals surface area contributed by atoms with Crippen molar-refractivity contribution in [2.75, 3.05) is 0 Å². The van der Waals surface area contributed by atoms with Gasteiger partial charge in [0.25, 0.3) is 0 Å². The van der Waals surface area contributed by atoms with Crippen molar-refractivity contribution in [3.8, 4) is 0 Å². The second-order valence-electron chi connectivity index (χ2n) is 5.13. The van der Waals surface area contributed by atoms with Crippen molar-refractivity contribution in [1.82, 2.24) is 0 Å². The van der Waals surface area contributed by atoms with E-state index in [1.54, 1.807) is 0 Å². The molecule has 0 aliphatic heterocycles. The average Bonchev–Trinajstić information content (AvgIpc) is 3.02. The van der Waals surface area contributed by atoms with Gasteiger partial charge in [0.15, 0.2) is 0 Å². The molecule has 0 bridgehead atoms. The number of allylic oxidation sites excluding steroid dienone is 2. The lowest BCUT2D eigenvalue weighted by atomic mass is 9.99. The summed E-state index contributed by atoms with van der Waals surface area (Å²) in [4.78, 5) is 0. The van der Waals surface area contributed by atoms with E-state index in [9.17, 15) is 0 Å². The van der Waals surface area contributed by atoms with Crippen LogP contribution in [-0.4, -0.2) is 0 Å². The van der Waals surface area contributed by atoms with Crippen LogP contribution in [0, 0.1) is 17.8 Å². The molecule has 1 fully saturated rings. The van der Waals surface area contributed by atoms with Gasteiger partial charge in [0, 0.05) is 0 Å². The van der Waals surface area contributed by atoms with Gasteiger partial charge in [-0.25, -0.2) is 0 Å². The Balaban J connectivity index is 1.97. The van der Waals surface area contributed by atoms with Gasteiger partial charge in [-0.3, -0.25) is 0 Å². The number of rotatable bonds is 8. The first kappa shape index (κ1) is 12.8. The Kier molecular flexibility index (Phi) is 6.05. The zero-order chi connectivity index (χ0) is 11.1. The van der Waals surface area contributed by atoms with E-state index in [-0.39, 0.29) is 0 Å². The molecule has 0 spiro atoms. The largest absolute Gasteiger partial charge is 0.0885 e. The van der Waals surface area contributed by atoms with Gasteiger partial charge < -0.3 is 0 Å². The van der Waals surface area contributed by atoms with Crippen LogP contribution in [0.1, 0.15) is 65.7 Å². The van der Waals surface area contributed by atoms with E-state index in [1.165, 1.54) is 44.9 Å². The van der Waals surface area contributed by atoms with E-state index in [0.717, 1.165) is 17.8 Å². The van der Waals surface area contributed by atoms with Gasteiger partial charge >= 0.3 is 0 Å². The Morgan fingerprint density at radius 1 is 1.07 bits per heavy atom. The van der Waals surface area contributed by atoms with Gasteiger partial charge in [0.05, 0.1) is 0 Å². The standard InChI is InChI=1S/C15H28/c1-4-13(5-2)10-8-7-9-11-15-12-14(15)6-3/h7-8,13-15H,4-6,9-12H2,1-3H3. The van der Waals surface area contributed by atoms with E-state index in [2.05, 4.69) is 32.9 Å². The second-order valence-corrected chi connectivity index (χ2v) is 5.13. The molecule has 2 atom stereocenters. The minimum absolute atomic E-state index is 0.922. The highest BCUT2D eigenvalue weighted by Crippen LogP contribution is 2.44. The topological polar surface area (TPSA) is 0 Å². The molecule has 0 aromatic carbocycles. The lowest BCUT2D eigenvalue weighted by molar-refractivity contribution is 0.499. The maximum Gasteiger partial charge on any atom is -0.0322 e. The van der Waals surface area contributed by atoms with Crippen LogP contribution in [-0.2, 0) is 0 Å². The summed E-state index contributed by atoms with van der Waals surface area (Å²) in [5.41, 5.74) is 0. The zero-order valence-electron chi connectivity index (χ0n) is 10.8. The summed E-state index contributed by atoms with van der Waals surface area (Å²) in [7, 11) is 0. The molecule has 0 aromatic heterocycles. The summed E-state index contributed by atoms with van der Waals surface area (Å²) < 4.78 is 0. The second kappa shape index (κ2) is 7.09. The maximum absolute atomic E-state index is 2.42. The highest BCUT2D eigenvalue weighted by molar-refractivity contribution is 4.89. The monoisotopic (exact) mass is 208 g/mol. The van der Waals surface area contributed by atoms with Gasteiger partial charge in [-0.2, -0.15) is 0 Å². The highest BCUT2D eigenvalue weighted by atomic mass is 14.4. The molecule has 1 rings (SSSR count). The Bertz CT molecular complexity index is 176. The molecule has 0 amide bonds. The third-order valence-corrected chi connectivity index (χ3v) is 4.09. The van der Waals surface area contributed by atoms with Crippen molar-refractivity contribution in [3.63, 3.8) is 0 Å². The Labute approximate surface area is 96.2 Å². The molecule has 0 heterocycles. The molecule has 2 unspecified atom stereocenters. The zero-order valence-corrected chi connectivity index (χ0v) is 10.8. The molecule has 88 valence electrons. The molecule has 15 heavy (non-hydrogen) atoms. The molecule has 0 aromatic rings. The smallest absolute Gasteiger partial charge is 0.0322 e. The van der Waals surface area contributed by atoms with Crippen molar-refractivity contribution in [1.29, 1.82) is 0 Å². The quantitative estimate of drug-likeness (QED) is 0.481. The predicted molar refractivity (Wildman–Crippen MR) is 69.0 cm³/mol. The van der Waals surface area contributed by atoms with E-state index in [1.807, 2.05) is 0 Å². The van der Waals surface area contributed by atoms with Crippen LogP contribution in [0.15, 0.2) is 12.2 Å². The summed E-state index contributed by atoms with van der Waals surface area (Å²) >= 11 is 0. The van der Waals surface area contributed by atoms with Crippen LogP contribution in [0.5, 0.6) is 0 Å². The first-order valence-electron chi connectivity index (χ1n) is 6.96. The van der Waals surface area contributed by atoms with E-state index < -0.39 is 0 Å². The molecule has 0 nitrogen and oxygen atoms in total. The summed E-state index contributed by atoms with van der Waals surface area (Å²) in [6.07, 6.45) is 14.5. The predicted octanol–water partition coefficient (Wildman–Crippen LogP) is 5.20. The minimum atomic E-state index is 0.922. The van der Waals surface area contributed by atoms with Gasteiger partial charge in [0.1, 0.15) is 0 Å². The molecule has 0 radical (unpaired) electrons. The molecule has 0 saturated heterocycles. The van der Waals surface area contributed by atoms with Gasteiger partial charge in [-0.05, 0) is 43.4 Å². The summed E-state index contributed by atoms with van der Waals surface area (Å²) in [6.45, 7) is 6.93. The SMILES string of the molecule is CCC(CC)CC=CCCC1CC1CC. The van der Waals surface area contributed by atoms with Crippen molar-refractivity contribution < 1.29 is 0 Å². The lowest BCUT2D eigenvalue weighted by Crippen LogP contribution is -1.93. The Morgan fingerprint density at radius 3 is 2.33 bits per heavy atom. The summed E-state index contributed by atoms with van der Waals surface area (Å²) in [5.74, 6) is 3.08. The van der Waals surface area contributed by atoms with Crippen molar-refractivity contribution >= 4 is 0 Å². The molecule has 1 saturated carbocycles. The van der Waals surface area contributed by atoms with E-state index >= 15 is 0 Å². The summed E-state index contributed by atoms with van der Waals surface area (Å²) in [6, 6.07) is 0. The van der Waals surface area contributed by atoms with Gasteiger partial charge in [-0.1, -0.05) is 52.2 Å². The number of hydrogen-bond donors (Lipinski definition) is 0. The molecular formula is C15H28. The highest BCUT2D eigenvalue weighted by Gasteiger charge is 2.33. The molecule has 0 heteroatoms.